The van der Waals surface area contributed by atoms with Gasteiger partial charge < -0.3 is 10.2 Å². The predicted molar refractivity (Wildman–Crippen MR) is 81.3 cm³/mol. The first-order valence-corrected chi connectivity index (χ1v) is 7.11. The summed E-state index contributed by atoms with van der Waals surface area (Å²) in [5.74, 6) is 7.96. The number of nitrogens with zero attached hydrogens (tertiary/aromatic N) is 4. The summed E-state index contributed by atoms with van der Waals surface area (Å²) >= 11 is 0. The van der Waals surface area contributed by atoms with E-state index < -0.39 is 0 Å². The molecule has 7 heteroatoms. The molecule has 0 bridgehead atoms. The Bertz CT molecular complexity index is 608. The average Bonchev–Trinajstić information content (AvgIpc) is 2.91. The molecule has 0 saturated heterocycles. The van der Waals surface area contributed by atoms with Crippen molar-refractivity contribution in [2.75, 3.05) is 5.43 Å². The second-order valence-corrected chi connectivity index (χ2v) is 5.16. The van der Waals surface area contributed by atoms with Crippen LogP contribution in [0.25, 0.3) is 0 Å². The molecule has 0 amide bonds. The Morgan fingerprint density at radius 2 is 2.14 bits per heavy atom. The minimum absolute atomic E-state index is 0.283. The molecule has 0 atom stereocenters. The van der Waals surface area contributed by atoms with Gasteiger partial charge in [0.2, 0.25) is 5.88 Å². The number of hydrogen-bond acceptors (Lipinski definition) is 6. The Morgan fingerprint density at radius 1 is 1.38 bits per heavy atom. The number of hydrazine groups is 1. The predicted octanol–water partition coefficient (Wildman–Crippen LogP) is 2.59. The number of nitrogens with two attached hydrogens (primary N) is 1. The minimum Gasteiger partial charge on any atom is -0.435 e. The molecule has 3 N–H and O–H groups in total. The van der Waals surface area contributed by atoms with E-state index in [9.17, 15) is 0 Å². The molecule has 0 saturated carbocycles. The molecule has 2 aromatic heterocycles. The number of nitrogens with one attached hydrogen (secondary N) is 1. The molecular weight excluding hydrogens is 268 g/mol. The van der Waals surface area contributed by atoms with Gasteiger partial charge >= 0.3 is 0 Å². The van der Waals surface area contributed by atoms with Gasteiger partial charge in [0.15, 0.2) is 5.75 Å². The summed E-state index contributed by atoms with van der Waals surface area (Å²) < 4.78 is 7.67. The number of hydrogen-bond donors (Lipinski definition) is 2. The van der Waals surface area contributed by atoms with Crippen molar-refractivity contribution in [3.05, 3.63) is 23.8 Å². The molecule has 2 heterocycles. The Labute approximate surface area is 124 Å². The Balaban J connectivity index is 2.30. The minimum atomic E-state index is 0.283. The van der Waals surface area contributed by atoms with Gasteiger partial charge in [-0.3, -0.25) is 4.68 Å². The van der Waals surface area contributed by atoms with Crippen LogP contribution >= 0.6 is 0 Å². The third kappa shape index (κ3) is 3.49. The number of nitrogen functional groups attached to an aromatic ring is 1. The number of aromatic nitrogens is 4. The van der Waals surface area contributed by atoms with Crippen molar-refractivity contribution in [3.63, 3.8) is 0 Å². The lowest BCUT2D eigenvalue weighted by Crippen LogP contribution is -2.13. The van der Waals surface area contributed by atoms with Crippen LogP contribution < -0.4 is 16.0 Å². The summed E-state index contributed by atoms with van der Waals surface area (Å²) in [6.07, 6.45) is 5.26. The van der Waals surface area contributed by atoms with E-state index in [4.69, 9.17) is 10.6 Å². The maximum atomic E-state index is 5.84. The fourth-order valence-corrected chi connectivity index (χ4v) is 1.88. The second-order valence-electron chi connectivity index (χ2n) is 5.16. The zero-order valence-electron chi connectivity index (χ0n) is 12.9. The maximum absolute atomic E-state index is 5.84. The van der Waals surface area contributed by atoms with Crippen molar-refractivity contribution in [1.82, 2.24) is 19.7 Å². The van der Waals surface area contributed by atoms with E-state index in [2.05, 4.69) is 41.3 Å². The van der Waals surface area contributed by atoms with Crippen molar-refractivity contribution in [3.8, 4) is 11.6 Å². The highest BCUT2D eigenvalue weighted by Crippen LogP contribution is 2.27. The molecule has 0 spiro atoms. The largest absolute Gasteiger partial charge is 0.435 e. The fourth-order valence-electron chi connectivity index (χ4n) is 1.88. The molecule has 0 aliphatic rings. The fraction of sp³-hybridized carbons (Fsp3) is 0.500. The van der Waals surface area contributed by atoms with Gasteiger partial charge in [-0.25, -0.2) is 10.8 Å². The first kappa shape index (κ1) is 15.2. The van der Waals surface area contributed by atoms with E-state index in [-0.39, 0.29) is 6.04 Å². The van der Waals surface area contributed by atoms with Crippen molar-refractivity contribution in [2.24, 2.45) is 5.84 Å². The van der Waals surface area contributed by atoms with Gasteiger partial charge in [0.25, 0.3) is 0 Å². The molecule has 7 nitrogen and oxygen atoms in total. The quantitative estimate of drug-likeness (QED) is 0.627. The molecule has 0 aliphatic carbocycles. The summed E-state index contributed by atoms with van der Waals surface area (Å²) in [5, 5.41) is 4.25. The second kappa shape index (κ2) is 6.53. The summed E-state index contributed by atoms with van der Waals surface area (Å²) in [6.45, 7) is 8.06. The highest BCUT2D eigenvalue weighted by Gasteiger charge is 2.13. The van der Waals surface area contributed by atoms with Crippen LogP contribution in [0.4, 0.5) is 5.82 Å². The highest BCUT2D eigenvalue weighted by atomic mass is 16.5. The van der Waals surface area contributed by atoms with Crippen LogP contribution in [0.1, 0.15) is 44.6 Å². The van der Waals surface area contributed by atoms with Gasteiger partial charge in [-0.2, -0.15) is 10.1 Å². The average molecular weight is 290 g/mol. The smallest absolute Gasteiger partial charge is 0.227 e. The SMILES string of the molecule is CCCc1nc(NN)c(C)c(Oc2cnn(C(C)C)c2)n1. The molecule has 2 rings (SSSR count). The maximum Gasteiger partial charge on any atom is 0.227 e. The topological polar surface area (TPSA) is 90.9 Å². The van der Waals surface area contributed by atoms with Gasteiger partial charge in [0.05, 0.1) is 18.0 Å². The summed E-state index contributed by atoms with van der Waals surface area (Å²) in [6, 6.07) is 0.283. The lowest BCUT2D eigenvalue weighted by Gasteiger charge is -2.11. The summed E-state index contributed by atoms with van der Waals surface area (Å²) in [4.78, 5) is 8.82. The zero-order valence-corrected chi connectivity index (χ0v) is 12.9. The van der Waals surface area contributed by atoms with E-state index in [1.165, 1.54) is 0 Å². The third-order valence-corrected chi connectivity index (χ3v) is 3.08. The van der Waals surface area contributed by atoms with Gasteiger partial charge in [-0.1, -0.05) is 6.92 Å². The Morgan fingerprint density at radius 3 is 2.71 bits per heavy atom. The molecule has 0 fully saturated rings. The molecule has 0 aliphatic heterocycles. The lowest BCUT2D eigenvalue weighted by atomic mass is 10.3. The van der Waals surface area contributed by atoms with Crippen molar-refractivity contribution in [2.45, 2.75) is 46.6 Å². The van der Waals surface area contributed by atoms with E-state index in [0.29, 0.717) is 23.3 Å². The molecule has 21 heavy (non-hydrogen) atoms. The van der Waals surface area contributed by atoms with Crippen LogP contribution in [0.3, 0.4) is 0 Å². The van der Waals surface area contributed by atoms with Crippen LogP contribution in [0.15, 0.2) is 12.4 Å². The third-order valence-electron chi connectivity index (χ3n) is 3.08. The molecule has 2 aromatic rings. The first-order chi connectivity index (χ1) is 10.0. The zero-order chi connectivity index (χ0) is 15.4. The van der Waals surface area contributed by atoms with Gasteiger partial charge in [-0.15, -0.1) is 0 Å². The van der Waals surface area contributed by atoms with Crippen LogP contribution in [-0.2, 0) is 6.42 Å². The van der Waals surface area contributed by atoms with Crippen LogP contribution in [0, 0.1) is 6.92 Å². The van der Waals surface area contributed by atoms with Gasteiger partial charge in [-0.05, 0) is 27.2 Å². The van der Waals surface area contributed by atoms with E-state index in [0.717, 1.165) is 18.4 Å². The Kier molecular flexibility index (Phi) is 4.74. The van der Waals surface area contributed by atoms with Crippen molar-refractivity contribution >= 4 is 5.82 Å². The highest BCUT2D eigenvalue weighted by molar-refractivity contribution is 5.48. The number of ether oxygens (including phenoxy) is 1. The van der Waals surface area contributed by atoms with Crippen molar-refractivity contribution < 1.29 is 4.74 Å². The molecule has 114 valence electrons. The number of rotatable bonds is 6. The molecule has 0 radical (unpaired) electrons. The monoisotopic (exact) mass is 290 g/mol. The van der Waals surface area contributed by atoms with Crippen LogP contribution in [0.5, 0.6) is 11.6 Å². The molecular formula is C14H22N6O. The Hall–Kier alpha value is -2.15. The van der Waals surface area contributed by atoms with Crippen molar-refractivity contribution in [1.29, 1.82) is 0 Å². The summed E-state index contributed by atoms with van der Waals surface area (Å²) in [7, 11) is 0. The van der Waals surface area contributed by atoms with Gasteiger partial charge in [0, 0.05) is 12.5 Å². The summed E-state index contributed by atoms with van der Waals surface area (Å²) in [5.41, 5.74) is 3.36. The first-order valence-electron chi connectivity index (χ1n) is 7.11. The van der Waals surface area contributed by atoms with E-state index >= 15 is 0 Å². The van der Waals surface area contributed by atoms with Gasteiger partial charge in [0.1, 0.15) is 11.6 Å². The molecule has 0 aromatic carbocycles. The number of aryl methyl sites for hydroxylation is 1. The lowest BCUT2D eigenvalue weighted by molar-refractivity contribution is 0.451. The normalized spacial score (nSPS) is 11.0. The number of anilines is 1. The molecule has 0 unspecified atom stereocenters. The van der Waals surface area contributed by atoms with E-state index in [1.54, 1.807) is 6.20 Å². The van der Waals surface area contributed by atoms with Crippen LogP contribution in [0.2, 0.25) is 0 Å². The standard InChI is InChI=1S/C14H22N6O/c1-5-6-12-17-13(19-15)10(4)14(18-12)21-11-7-16-20(8-11)9(2)3/h7-9H,5-6,15H2,1-4H3,(H,17,18,19). The van der Waals surface area contributed by atoms with Crippen LogP contribution in [-0.4, -0.2) is 19.7 Å². The van der Waals surface area contributed by atoms with E-state index in [1.807, 2.05) is 17.8 Å².